The minimum Gasteiger partial charge on any atom is -0.371 e. The third-order valence-corrected chi connectivity index (χ3v) is 1.27. The first-order valence-corrected chi connectivity index (χ1v) is 3.46. The van der Waals surface area contributed by atoms with Gasteiger partial charge in [0.2, 0.25) is 0 Å². The van der Waals surface area contributed by atoms with E-state index in [0.717, 1.165) is 6.42 Å². The first-order valence-electron chi connectivity index (χ1n) is 3.46. The minimum atomic E-state index is -0.917. The Bertz CT molecular complexity index is 112. The van der Waals surface area contributed by atoms with Crippen LogP contribution < -0.4 is 0 Å². The van der Waals surface area contributed by atoms with Crippen molar-refractivity contribution in [2.24, 2.45) is 0 Å². The van der Waals surface area contributed by atoms with Gasteiger partial charge >= 0.3 is 0 Å². The molecule has 0 aromatic carbocycles. The maximum Gasteiger partial charge on any atom is 0.176 e. The Morgan fingerprint density at radius 2 is 2.10 bits per heavy atom. The Morgan fingerprint density at radius 1 is 1.60 bits per heavy atom. The summed E-state index contributed by atoms with van der Waals surface area (Å²) in [6.07, 6.45) is 0.336. The number of aliphatic hydroxyl groups is 1. The van der Waals surface area contributed by atoms with E-state index in [0.29, 0.717) is 6.42 Å². The molecule has 0 aromatic rings. The monoisotopic (exact) mass is 145 g/mol. The van der Waals surface area contributed by atoms with E-state index in [-0.39, 0.29) is 5.78 Å². The zero-order valence-corrected chi connectivity index (χ0v) is 6.79. The molecule has 0 aliphatic heterocycles. The predicted octanol–water partition coefficient (Wildman–Crippen LogP) is 0.236. The number of hydrogen-bond donors (Lipinski definition) is 1. The number of aliphatic hydroxyl groups excluding tert-OH is 1. The normalized spacial score (nSPS) is 13.7. The molecule has 10 heavy (non-hydrogen) atoms. The molecule has 3 heteroatoms. The van der Waals surface area contributed by atoms with Gasteiger partial charge in [-0.25, -0.2) is 0 Å². The molecule has 60 valence electrons. The van der Waals surface area contributed by atoms with Gasteiger partial charge in [-0.15, -0.1) is 0 Å². The molecule has 0 saturated carbocycles. The molecular formula is C7H15NO2. The summed E-state index contributed by atoms with van der Waals surface area (Å²) >= 11 is 0. The number of hydrogen-bond acceptors (Lipinski definition) is 3. The molecule has 0 saturated heterocycles. The summed E-state index contributed by atoms with van der Waals surface area (Å²) in [4.78, 5) is 12.4. The Balaban J connectivity index is 3.71. The van der Waals surface area contributed by atoms with Crippen molar-refractivity contribution in [3.8, 4) is 0 Å². The van der Waals surface area contributed by atoms with Crippen molar-refractivity contribution in [1.29, 1.82) is 0 Å². The van der Waals surface area contributed by atoms with E-state index in [1.807, 2.05) is 6.92 Å². The maximum atomic E-state index is 10.9. The zero-order valence-electron chi connectivity index (χ0n) is 6.79. The van der Waals surface area contributed by atoms with Crippen LogP contribution in [0.5, 0.6) is 0 Å². The summed E-state index contributed by atoms with van der Waals surface area (Å²) in [6.45, 7) is 1.92. The lowest BCUT2D eigenvalue weighted by Crippen LogP contribution is -2.35. The van der Waals surface area contributed by atoms with Gasteiger partial charge in [-0.3, -0.25) is 9.69 Å². The van der Waals surface area contributed by atoms with Gasteiger partial charge < -0.3 is 5.11 Å². The molecule has 1 N–H and O–H groups in total. The van der Waals surface area contributed by atoms with Gasteiger partial charge in [0.05, 0.1) is 0 Å². The van der Waals surface area contributed by atoms with Gasteiger partial charge in [0.1, 0.15) is 0 Å². The summed E-state index contributed by atoms with van der Waals surface area (Å²) in [5, 5.41) is 9.10. The number of carbonyl (C=O) groups is 1. The van der Waals surface area contributed by atoms with E-state index >= 15 is 0 Å². The van der Waals surface area contributed by atoms with Crippen LogP contribution in [0.25, 0.3) is 0 Å². The molecule has 0 aliphatic carbocycles. The van der Waals surface area contributed by atoms with Crippen molar-refractivity contribution < 1.29 is 9.90 Å². The Labute approximate surface area is 61.6 Å². The van der Waals surface area contributed by atoms with E-state index in [1.165, 1.54) is 4.90 Å². The molecule has 0 aliphatic rings. The van der Waals surface area contributed by atoms with E-state index in [9.17, 15) is 4.79 Å². The van der Waals surface area contributed by atoms with Crippen LogP contribution in [0.1, 0.15) is 19.8 Å². The highest BCUT2D eigenvalue weighted by Crippen LogP contribution is 1.96. The van der Waals surface area contributed by atoms with Crippen molar-refractivity contribution >= 4 is 5.78 Å². The lowest BCUT2D eigenvalue weighted by atomic mass is 10.2. The molecule has 0 aromatic heterocycles. The van der Waals surface area contributed by atoms with Crippen molar-refractivity contribution in [2.45, 2.75) is 26.0 Å². The average molecular weight is 145 g/mol. The lowest BCUT2D eigenvalue weighted by Gasteiger charge is -2.16. The second kappa shape index (κ2) is 4.41. The fourth-order valence-electron chi connectivity index (χ4n) is 0.663. The van der Waals surface area contributed by atoms with Crippen LogP contribution in [0.3, 0.4) is 0 Å². The van der Waals surface area contributed by atoms with Gasteiger partial charge in [-0.1, -0.05) is 6.92 Å². The van der Waals surface area contributed by atoms with Gasteiger partial charge in [0, 0.05) is 6.42 Å². The molecule has 0 spiro atoms. The molecule has 0 heterocycles. The average Bonchev–Trinajstić information content (AvgIpc) is 1.87. The second-order valence-electron chi connectivity index (χ2n) is 2.55. The standard InChI is InChI=1S/C7H15NO2/c1-4-5-6(9)7(10)8(2)3/h7,10H,4-5H2,1-3H3. The van der Waals surface area contributed by atoms with Gasteiger partial charge in [0.25, 0.3) is 0 Å². The third-order valence-electron chi connectivity index (χ3n) is 1.27. The molecule has 1 unspecified atom stereocenters. The van der Waals surface area contributed by atoms with E-state index < -0.39 is 6.23 Å². The Hall–Kier alpha value is -0.410. The highest BCUT2D eigenvalue weighted by molar-refractivity contribution is 5.82. The van der Waals surface area contributed by atoms with Crippen molar-refractivity contribution in [1.82, 2.24) is 4.90 Å². The largest absolute Gasteiger partial charge is 0.371 e. The van der Waals surface area contributed by atoms with E-state index in [4.69, 9.17) is 5.11 Å². The molecular weight excluding hydrogens is 130 g/mol. The molecule has 0 amide bonds. The summed E-state index contributed by atoms with van der Waals surface area (Å²) in [5.41, 5.74) is 0. The smallest absolute Gasteiger partial charge is 0.176 e. The number of likely N-dealkylation sites (N-methyl/N-ethyl adjacent to an activating group) is 1. The first-order chi connectivity index (χ1) is 4.59. The van der Waals surface area contributed by atoms with E-state index in [2.05, 4.69) is 0 Å². The Morgan fingerprint density at radius 3 is 2.40 bits per heavy atom. The third kappa shape index (κ3) is 2.94. The molecule has 0 bridgehead atoms. The van der Waals surface area contributed by atoms with Crippen molar-refractivity contribution in [3.05, 3.63) is 0 Å². The lowest BCUT2D eigenvalue weighted by molar-refractivity contribution is -0.134. The summed E-state index contributed by atoms with van der Waals surface area (Å²) < 4.78 is 0. The number of Topliss-reactive ketones (excluding diaryl/α,β-unsaturated/α-hetero) is 1. The van der Waals surface area contributed by atoms with Crippen molar-refractivity contribution in [2.75, 3.05) is 14.1 Å². The van der Waals surface area contributed by atoms with Gasteiger partial charge in [0.15, 0.2) is 12.0 Å². The molecule has 1 atom stereocenters. The first kappa shape index (κ1) is 9.59. The summed E-state index contributed by atoms with van der Waals surface area (Å²) in [5.74, 6) is -0.104. The number of ketones is 1. The van der Waals surface area contributed by atoms with Gasteiger partial charge in [-0.05, 0) is 20.5 Å². The van der Waals surface area contributed by atoms with Crippen LogP contribution in [0, 0.1) is 0 Å². The highest BCUT2D eigenvalue weighted by Gasteiger charge is 2.14. The highest BCUT2D eigenvalue weighted by atomic mass is 16.3. The van der Waals surface area contributed by atoms with Crippen LogP contribution >= 0.6 is 0 Å². The van der Waals surface area contributed by atoms with Crippen LogP contribution in [0.15, 0.2) is 0 Å². The number of nitrogens with zero attached hydrogens (tertiary/aromatic N) is 1. The maximum absolute atomic E-state index is 10.9. The van der Waals surface area contributed by atoms with Crippen LogP contribution in [-0.2, 0) is 4.79 Å². The topological polar surface area (TPSA) is 40.5 Å². The molecule has 0 fully saturated rings. The summed E-state index contributed by atoms with van der Waals surface area (Å²) in [7, 11) is 3.36. The number of carbonyl (C=O) groups excluding carboxylic acids is 1. The quantitative estimate of drug-likeness (QED) is 0.576. The number of rotatable bonds is 4. The predicted molar refractivity (Wildman–Crippen MR) is 39.6 cm³/mol. The second-order valence-corrected chi connectivity index (χ2v) is 2.55. The Kier molecular flexibility index (Phi) is 4.23. The fraction of sp³-hybridized carbons (Fsp3) is 0.857. The van der Waals surface area contributed by atoms with Crippen LogP contribution in [0.2, 0.25) is 0 Å². The SMILES string of the molecule is CCCC(=O)C(O)N(C)C. The van der Waals surface area contributed by atoms with Crippen LogP contribution in [-0.4, -0.2) is 36.1 Å². The molecule has 0 radical (unpaired) electrons. The van der Waals surface area contributed by atoms with E-state index in [1.54, 1.807) is 14.1 Å². The van der Waals surface area contributed by atoms with Crippen LogP contribution in [0.4, 0.5) is 0 Å². The van der Waals surface area contributed by atoms with Gasteiger partial charge in [-0.2, -0.15) is 0 Å². The minimum absolute atomic E-state index is 0.104. The molecule has 0 rings (SSSR count). The fourth-order valence-corrected chi connectivity index (χ4v) is 0.663. The van der Waals surface area contributed by atoms with Crippen molar-refractivity contribution in [3.63, 3.8) is 0 Å². The zero-order chi connectivity index (χ0) is 8.15. The summed E-state index contributed by atoms with van der Waals surface area (Å²) in [6, 6.07) is 0. The molecule has 3 nitrogen and oxygen atoms in total.